The second-order valence-corrected chi connectivity index (χ2v) is 6.95. The largest absolute Gasteiger partial charge is 0.341 e. The molecule has 1 fully saturated rings. The van der Waals surface area contributed by atoms with Crippen molar-refractivity contribution in [1.29, 1.82) is 0 Å². The van der Waals surface area contributed by atoms with Gasteiger partial charge in [0.05, 0.1) is 10.6 Å². The SMILES string of the molecule is CCC(CC)C(=O)N1CCCN(C(=O)c2cc(Cl)ccc2Cl)CC1. The summed E-state index contributed by atoms with van der Waals surface area (Å²) in [7, 11) is 0. The molecule has 1 aliphatic rings. The number of carbonyl (C=O) groups excluding carboxylic acids is 2. The lowest BCUT2D eigenvalue weighted by molar-refractivity contribution is -0.135. The van der Waals surface area contributed by atoms with Crippen molar-refractivity contribution in [2.24, 2.45) is 5.92 Å². The van der Waals surface area contributed by atoms with Gasteiger partial charge < -0.3 is 9.80 Å². The molecule has 1 aromatic carbocycles. The van der Waals surface area contributed by atoms with E-state index in [1.807, 2.05) is 18.7 Å². The molecular weight excluding hydrogens is 347 g/mol. The molecule has 0 atom stereocenters. The molecule has 0 aliphatic carbocycles. The molecule has 0 radical (unpaired) electrons. The van der Waals surface area contributed by atoms with Crippen molar-refractivity contribution in [2.45, 2.75) is 33.1 Å². The molecule has 0 bridgehead atoms. The van der Waals surface area contributed by atoms with Gasteiger partial charge in [0.2, 0.25) is 5.91 Å². The average molecular weight is 371 g/mol. The summed E-state index contributed by atoms with van der Waals surface area (Å²) in [6.07, 6.45) is 2.48. The van der Waals surface area contributed by atoms with Gasteiger partial charge in [-0.1, -0.05) is 37.0 Å². The molecule has 24 heavy (non-hydrogen) atoms. The number of benzene rings is 1. The summed E-state index contributed by atoms with van der Waals surface area (Å²) in [4.78, 5) is 28.9. The molecule has 1 aliphatic heterocycles. The van der Waals surface area contributed by atoms with Crippen LogP contribution in [-0.4, -0.2) is 47.8 Å². The van der Waals surface area contributed by atoms with Crippen molar-refractivity contribution in [1.82, 2.24) is 9.80 Å². The van der Waals surface area contributed by atoms with E-state index >= 15 is 0 Å². The summed E-state index contributed by atoms with van der Waals surface area (Å²) in [5.41, 5.74) is 0.420. The van der Waals surface area contributed by atoms with E-state index in [9.17, 15) is 9.59 Å². The first kappa shape index (κ1) is 19.1. The highest BCUT2D eigenvalue weighted by atomic mass is 35.5. The molecule has 2 rings (SSSR count). The fourth-order valence-electron chi connectivity index (χ4n) is 3.07. The zero-order chi connectivity index (χ0) is 17.7. The van der Waals surface area contributed by atoms with E-state index in [1.165, 1.54) is 0 Å². The Morgan fingerprint density at radius 3 is 2.33 bits per heavy atom. The van der Waals surface area contributed by atoms with Crippen molar-refractivity contribution in [3.63, 3.8) is 0 Å². The molecule has 1 heterocycles. The van der Waals surface area contributed by atoms with Gasteiger partial charge in [0.25, 0.3) is 5.91 Å². The Hall–Kier alpha value is -1.26. The van der Waals surface area contributed by atoms with Gasteiger partial charge in [0, 0.05) is 37.1 Å². The normalized spacial score (nSPS) is 15.5. The lowest BCUT2D eigenvalue weighted by atomic mass is 10.0. The zero-order valence-corrected chi connectivity index (χ0v) is 15.7. The minimum absolute atomic E-state index is 0.0784. The monoisotopic (exact) mass is 370 g/mol. The van der Waals surface area contributed by atoms with Gasteiger partial charge in [0.1, 0.15) is 0 Å². The third-order valence-corrected chi connectivity index (χ3v) is 5.15. The first-order chi connectivity index (χ1) is 11.5. The Morgan fingerprint density at radius 2 is 1.67 bits per heavy atom. The molecule has 1 saturated heterocycles. The quantitative estimate of drug-likeness (QED) is 0.800. The number of rotatable bonds is 4. The lowest BCUT2D eigenvalue weighted by Gasteiger charge is -2.25. The number of hydrogen-bond donors (Lipinski definition) is 0. The molecule has 132 valence electrons. The van der Waals surface area contributed by atoms with Crippen molar-refractivity contribution < 1.29 is 9.59 Å². The first-order valence-corrected chi connectivity index (χ1v) is 9.26. The summed E-state index contributed by atoms with van der Waals surface area (Å²) < 4.78 is 0. The highest BCUT2D eigenvalue weighted by Gasteiger charge is 2.26. The maximum Gasteiger partial charge on any atom is 0.255 e. The van der Waals surface area contributed by atoms with Crippen molar-refractivity contribution in [3.05, 3.63) is 33.8 Å². The maximum absolute atomic E-state index is 12.7. The van der Waals surface area contributed by atoms with Gasteiger partial charge in [-0.3, -0.25) is 9.59 Å². The van der Waals surface area contributed by atoms with E-state index in [2.05, 4.69) is 0 Å². The minimum atomic E-state index is -0.126. The fraction of sp³-hybridized carbons (Fsp3) is 0.556. The standard InChI is InChI=1S/C18H24Cl2N2O2/c1-3-13(4-2)17(23)21-8-5-9-22(11-10-21)18(24)15-12-14(19)6-7-16(15)20/h6-7,12-13H,3-5,8-11H2,1-2H3. The smallest absolute Gasteiger partial charge is 0.255 e. The van der Waals surface area contributed by atoms with Crippen molar-refractivity contribution in [2.75, 3.05) is 26.2 Å². The number of carbonyl (C=O) groups is 2. The molecule has 1 aromatic rings. The minimum Gasteiger partial charge on any atom is -0.341 e. The van der Waals surface area contributed by atoms with Crippen molar-refractivity contribution >= 4 is 35.0 Å². The second kappa shape index (κ2) is 8.72. The molecule has 0 N–H and O–H groups in total. The van der Waals surface area contributed by atoms with Crippen LogP contribution in [0.5, 0.6) is 0 Å². The van der Waals surface area contributed by atoms with Gasteiger partial charge in [-0.2, -0.15) is 0 Å². The molecule has 0 spiro atoms. The van der Waals surface area contributed by atoms with E-state index in [0.717, 1.165) is 19.3 Å². The van der Waals surface area contributed by atoms with Gasteiger partial charge in [-0.25, -0.2) is 0 Å². The summed E-state index contributed by atoms with van der Waals surface area (Å²) in [6.45, 7) is 6.49. The predicted octanol–water partition coefficient (Wildman–Crippen LogP) is 4.10. The Balaban J connectivity index is 2.06. The van der Waals surface area contributed by atoms with Gasteiger partial charge in [-0.05, 0) is 37.5 Å². The zero-order valence-electron chi connectivity index (χ0n) is 14.2. The lowest BCUT2D eigenvalue weighted by Crippen LogP contribution is -2.39. The molecule has 0 unspecified atom stereocenters. The van der Waals surface area contributed by atoms with Crippen LogP contribution in [0.2, 0.25) is 10.0 Å². The third kappa shape index (κ3) is 4.42. The van der Waals surface area contributed by atoms with Crippen LogP contribution in [0.1, 0.15) is 43.5 Å². The fourth-order valence-corrected chi connectivity index (χ4v) is 3.44. The third-order valence-electron chi connectivity index (χ3n) is 4.59. The Labute approximate surface area is 153 Å². The van der Waals surface area contributed by atoms with Gasteiger partial charge in [0.15, 0.2) is 0 Å². The first-order valence-electron chi connectivity index (χ1n) is 8.51. The summed E-state index contributed by atoms with van der Waals surface area (Å²) >= 11 is 12.1. The summed E-state index contributed by atoms with van der Waals surface area (Å²) in [5, 5.41) is 0.890. The van der Waals surface area contributed by atoms with Gasteiger partial charge >= 0.3 is 0 Å². The van der Waals surface area contributed by atoms with Crippen molar-refractivity contribution in [3.8, 4) is 0 Å². The maximum atomic E-state index is 12.7. The second-order valence-electron chi connectivity index (χ2n) is 6.11. The van der Waals surface area contributed by atoms with E-state index in [4.69, 9.17) is 23.2 Å². The molecule has 4 nitrogen and oxygen atoms in total. The molecule has 0 saturated carbocycles. The average Bonchev–Trinajstić information content (AvgIpc) is 2.83. The number of nitrogens with zero attached hydrogens (tertiary/aromatic N) is 2. The van der Waals surface area contributed by atoms with Gasteiger partial charge in [-0.15, -0.1) is 0 Å². The molecule has 2 amide bonds. The van der Waals surface area contributed by atoms with E-state index in [1.54, 1.807) is 23.1 Å². The van der Waals surface area contributed by atoms with Crippen LogP contribution in [0, 0.1) is 5.92 Å². The van der Waals surface area contributed by atoms with Crippen LogP contribution in [0.3, 0.4) is 0 Å². The van der Waals surface area contributed by atoms with Crippen LogP contribution >= 0.6 is 23.2 Å². The molecular formula is C18H24Cl2N2O2. The van der Waals surface area contributed by atoms with Crippen LogP contribution in [0.15, 0.2) is 18.2 Å². The Bertz CT molecular complexity index is 603. The predicted molar refractivity (Wildman–Crippen MR) is 97.6 cm³/mol. The number of amides is 2. The van der Waals surface area contributed by atoms with Crippen LogP contribution in [0.4, 0.5) is 0 Å². The Kier molecular flexibility index (Phi) is 6.93. The van der Waals surface area contributed by atoms with E-state index < -0.39 is 0 Å². The van der Waals surface area contributed by atoms with E-state index in [0.29, 0.717) is 41.8 Å². The van der Waals surface area contributed by atoms with Crippen LogP contribution in [-0.2, 0) is 4.79 Å². The van der Waals surface area contributed by atoms with Crippen LogP contribution in [0.25, 0.3) is 0 Å². The number of halogens is 2. The highest BCUT2D eigenvalue weighted by Crippen LogP contribution is 2.23. The van der Waals surface area contributed by atoms with Crippen LogP contribution < -0.4 is 0 Å². The Morgan fingerprint density at radius 1 is 1.04 bits per heavy atom. The van der Waals surface area contributed by atoms with E-state index in [-0.39, 0.29) is 17.7 Å². The summed E-state index contributed by atoms with van der Waals surface area (Å²) in [5.74, 6) is 0.157. The topological polar surface area (TPSA) is 40.6 Å². The number of hydrogen-bond acceptors (Lipinski definition) is 2. The highest BCUT2D eigenvalue weighted by molar-refractivity contribution is 6.35. The molecule has 6 heteroatoms. The summed E-state index contributed by atoms with van der Waals surface area (Å²) in [6, 6.07) is 4.90. The molecule has 0 aromatic heterocycles.